The SMILES string of the molecule is CC(C)Cc1ccc(C(C)CC(O)CN)s1. The molecule has 0 radical (unpaired) electrons. The molecule has 1 heterocycles. The van der Waals surface area contributed by atoms with Gasteiger partial charge in [0, 0.05) is 16.3 Å². The van der Waals surface area contributed by atoms with E-state index in [1.807, 2.05) is 11.3 Å². The van der Waals surface area contributed by atoms with Gasteiger partial charge in [0.1, 0.15) is 0 Å². The number of hydrogen-bond donors (Lipinski definition) is 2. The molecule has 0 bridgehead atoms. The van der Waals surface area contributed by atoms with Gasteiger partial charge in [0.05, 0.1) is 6.10 Å². The van der Waals surface area contributed by atoms with Crippen molar-refractivity contribution in [3.63, 3.8) is 0 Å². The van der Waals surface area contributed by atoms with Crippen LogP contribution in [0.15, 0.2) is 12.1 Å². The van der Waals surface area contributed by atoms with Crippen LogP contribution in [0.5, 0.6) is 0 Å². The molecule has 3 N–H and O–H groups in total. The summed E-state index contributed by atoms with van der Waals surface area (Å²) in [4.78, 5) is 2.81. The second-order valence-electron chi connectivity index (χ2n) is 4.93. The van der Waals surface area contributed by atoms with Gasteiger partial charge < -0.3 is 10.8 Å². The summed E-state index contributed by atoms with van der Waals surface area (Å²) in [6, 6.07) is 4.40. The average Bonchev–Trinajstić information content (AvgIpc) is 2.65. The molecule has 1 aromatic heterocycles. The molecule has 92 valence electrons. The van der Waals surface area contributed by atoms with Gasteiger partial charge in [-0.15, -0.1) is 11.3 Å². The molecular formula is C13H23NOS. The minimum Gasteiger partial charge on any atom is -0.392 e. The molecule has 0 fully saturated rings. The van der Waals surface area contributed by atoms with Crippen molar-refractivity contribution in [2.24, 2.45) is 11.7 Å². The normalized spacial score (nSPS) is 15.4. The van der Waals surface area contributed by atoms with E-state index in [1.165, 1.54) is 9.75 Å². The highest BCUT2D eigenvalue weighted by Gasteiger charge is 2.13. The van der Waals surface area contributed by atoms with Crippen LogP contribution in [0.2, 0.25) is 0 Å². The van der Waals surface area contributed by atoms with Gasteiger partial charge in [-0.05, 0) is 36.8 Å². The van der Waals surface area contributed by atoms with Crippen molar-refractivity contribution in [3.05, 3.63) is 21.9 Å². The molecule has 2 unspecified atom stereocenters. The Morgan fingerprint density at radius 1 is 1.31 bits per heavy atom. The molecule has 1 rings (SSSR count). The van der Waals surface area contributed by atoms with Gasteiger partial charge in [-0.25, -0.2) is 0 Å². The average molecular weight is 241 g/mol. The summed E-state index contributed by atoms with van der Waals surface area (Å²) in [5.41, 5.74) is 5.42. The summed E-state index contributed by atoms with van der Waals surface area (Å²) >= 11 is 1.87. The van der Waals surface area contributed by atoms with E-state index in [4.69, 9.17) is 5.73 Å². The van der Waals surface area contributed by atoms with E-state index in [2.05, 4.69) is 32.9 Å². The molecule has 0 aliphatic rings. The Morgan fingerprint density at radius 3 is 2.56 bits per heavy atom. The molecule has 0 aromatic carbocycles. The third-order valence-corrected chi connectivity index (χ3v) is 4.01. The largest absolute Gasteiger partial charge is 0.392 e. The molecule has 0 saturated heterocycles. The van der Waals surface area contributed by atoms with Gasteiger partial charge in [0.15, 0.2) is 0 Å². The zero-order valence-electron chi connectivity index (χ0n) is 10.4. The van der Waals surface area contributed by atoms with Gasteiger partial charge in [0.2, 0.25) is 0 Å². The predicted molar refractivity (Wildman–Crippen MR) is 71.0 cm³/mol. The van der Waals surface area contributed by atoms with E-state index < -0.39 is 0 Å². The van der Waals surface area contributed by atoms with E-state index in [1.54, 1.807) is 0 Å². The van der Waals surface area contributed by atoms with Crippen LogP contribution in [0.25, 0.3) is 0 Å². The van der Waals surface area contributed by atoms with Gasteiger partial charge >= 0.3 is 0 Å². The van der Waals surface area contributed by atoms with Gasteiger partial charge in [-0.2, -0.15) is 0 Å². The van der Waals surface area contributed by atoms with E-state index >= 15 is 0 Å². The second-order valence-corrected chi connectivity index (χ2v) is 6.13. The third kappa shape index (κ3) is 4.24. The first-order valence-electron chi connectivity index (χ1n) is 5.99. The van der Waals surface area contributed by atoms with Crippen molar-refractivity contribution in [1.82, 2.24) is 0 Å². The first kappa shape index (κ1) is 13.7. The molecule has 0 saturated carbocycles. The molecule has 3 heteroatoms. The monoisotopic (exact) mass is 241 g/mol. The van der Waals surface area contributed by atoms with Crippen LogP contribution in [-0.4, -0.2) is 17.8 Å². The molecule has 1 aromatic rings. The van der Waals surface area contributed by atoms with Crippen LogP contribution in [0.3, 0.4) is 0 Å². The highest BCUT2D eigenvalue weighted by molar-refractivity contribution is 7.12. The number of aliphatic hydroxyl groups is 1. The Bertz CT molecular complexity index is 309. The minimum atomic E-state index is -0.370. The molecule has 2 nitrogen and oxygen atoms in total. The van der Waals surface area contributed by atoms with Crippen molar-refractivity contribution in [1.29, 1.82) is 0 Å². The van der Waals surface area contributed by atoms with Crippen molar-refractivity contribution < 1.29 is 5.11 Å². The lowest BCUT2D eigenvalue weighted by molar-refractivity contribution is 0.165. The molecule has 0 spiro atoms. The van der Waals surface area contributed by atoms with Crippen LogP contribution in [0, 0.1) is 5.92 Å². The van der Waals surface area contributed by atoms with E-state index in [-0.39, 0.29) is 6.10 Å². The topological polar surface area (TPSA) is 46.2 Å². The molecule has 16 heavy (non-hydrogen) atoms. The summed E-state index contributed by atoms with van der Waals surface area (Å²) < 4.78 is 0. The van der Waals surface area contributed by atoms with Crippen LogP contribution >= 0.6 is 11.3 Å². The maximum absolute atomic E-state index is 9.52. The maximum Gasteiger partial charge on any atom is 0.0668 e. The molecule has 0 aliphatic carbocycles. The number of aliphatic hydroxyl groups excluding tert-OH is 1. The highest BCUT2D eigenvalue weighted by Crippen LogP contribution is 2.29. The van der Waals surface area contributed by atoms with Crippen molar-refractivity contribution >= 4 is 11.3 Å². The fraction of sp³-hybridized carbons (Fsp3) is 0.692. The van der Waals surface area contributed by atoms with Crippen LogP contribution < -0.4 is 5.73 Å². The number of rotatable bonds is 6. The van der Waals surface area contributed by atoms with Crippen LogP contribution in [-0.2, 0) is 6.42 Å². The number of hydrogen-bond acceptors (Lipinski definition) is 3. The first-order valence-corrected chi connectivity index (χ1v) is 6.81. The maximum atomic E-state index is 9.52. The van der Waals surface area contributed by atoms with Gasteiger partial charge in [0.25, 0.3) is 0 Å². The molecule has 0 amide bonds. The fourth-order valence-corrected chi connectivity index (χ4v) is 3.08. The predicted octanol–water partition coefficient (Wildman–Crippen LogP) is 2.76. The summed E-state index contributed by atoms with van der Waals surface area (Å²) in [5.74, 6) is 1.11. The Kier molecular flexibility index (Phi) is 5.46. The Labute approximate surface area is 102 Å². The third-order valence-electron chi connectivity index (χ3n) is 2.68. The van der Waals surface area contributed by atoms with E-state index in [0.717, 1.165) is 12.8 Å². The lowest BCUT2D eigenvalue weighted by atomic mass is 10.0. The van der Waals surface area contributed by atoms with E-state index in [0.29, 0.717) is 18.4 Å². The number of nitrogens with two attached hydrogens (primary N) is 1. The molecule has 2 atom stereocenters. The Hall–Kier alpha value is -0.380. The standard InChI is InChI=1S/C13H23NOS/c1-9(2)6-12-4-5-13(16-12)10(3)7-11(15)8-14/h4-5,9-11,15H,6-8,14H2,1-3H3. The Balaban J connectivity index is 2.56. The summed E-state index contributed by atoms with van der Waals surface area (Å²) in [6.45, 7) is 6.99. The zero-order valence-corrected chi connectivity index (χ0v) is 11.3. The summed E-state index contributed by atoms with van der Waals surface area (Å²) in [7, 11) is 0. The van der Waals surface area contributed by atoms with Crippen molar-refractivity contribution in [3.8, 4) is 0 Å². The van der Waals surface area contributed by atoms with Crippen molar-refractivity contribution in [2.75, 3.05) is 6.54 Å². The molecular weight excluding hydrogens is 218 g/mol. The zero-order chi connectivity index (χ0) is 12.1. The second kappa shape index (κ2) is 6.38. The fourth-order valence-electron chi connectivity index (χ4n) is 1.79. The van der Waals surface area contributed by atoms with Crippen LogP contribution in [0.1, 0.15) is 42.9 Å². The summed E-state index contributed by atoms with van der Waals surface area (Å²) in [5, 5.41) is 9.52. The molecule has 0 aliphatic heterocycles. The minimum absolute atomic E-state index is 0.356. The van der Waals surface area contributed by atoms with Crippen molar-refractivity contribution in [2.45, 2.75) is 45.6 Å². The first-order chi connectivity index (χ1) is 7.52. The Morgan fingerprint density at radius 2 is 2.00 bits per heavy atom. The van der Waals surface area contributed by atoms with Crippen LogP contribution in [0.4, 0.5) is 0 Å². The number of thiophene rings is 1. The smallest absolute Gasteiger partial charge is 0.0668 e. The lowest BCUT2D eigenvalue weighted by Gasteiger charge is -2.13. The van der Waals surface area contributed by atoms with E-state index in [9.17, 15) is 5.11 Å². The van der Waals surface area contributed by atoms with Gasteiger partial charge in [-0.3, -0.25) is 0 Å². The quantitative estimate of drug-likeness (QED) is 0.804. The van der Waals surface area contributed by atoms with Gasteiger partial charge in [-0.1, -0.05) is 20.8 Å². The highest BCUT2D eigenvalue weighted by atomic mass is 32.1. The summed E-state index contributed by atoms with van der Waals surface area (Å²) in [6.07, 6.45) is 1.54. The lowest BCUT2D eigenvalue weighted by Crippen LogP contribution is -2.21.